The number of ether oxygens (including phenoxy) is 1. The molecule has 0 atom stereocenters. The number of carbonyl (C=O) groups excluding carboxylic acids is 1. The monoisotopic (exact) mass is 341 g/mol. The number of halogens is 1. The molecule has 0 spiro atoms. The summed E-state index contributed by atoms with van der Waals surface area (Å²) in [5.74, 6) is -0.216. The summed E-state index contributed by atoms with van der Waals surface area (Å²) in [6.07, 6.45) is 3.34. The summed E-state index contributed by atoms with van der Waals surface area (Å²) in [6, 6.07) is 1.91. The molecule has 4 nitrogen and oxygen atoms in total. The summed E-state index contributed by atoms with van der Waals surface area (Å²) in [7, 11) is 1.39. The number of hydrogen-bond donors (Lipinski definition) is 0. The molecule has 1 saturated carbocycles. The third-order valence-corrected chi connectivity index (χ3v) is 5.55. The van der Waals surface area contributed by atoms with E-state index in [1.165, 1.54) is 18.4 Å². The molecule has 0 saturated heterocycles. The molecule has 0 radical (unpaired) electrons. The summed E-state index contributed by atoms with van der Waals surface area (Å²) in [4.78, 5) is 24.1. The van der Waals surface area contributed by atoms with Crippen molar-refractivity contribution >= 4 is 43.3 Å². The van der Waals surface area contributed by atoms with Gasteiger partial charge in [0, 0.05) is 28.0 Å². The van der Waals surface area contributed by atoms with Crippen LogP contribution in [0.25, 0.3) is 10.1 Å². The number of thiophene rings is 1. The Morgan fingerprint density at radius 3 is 2.95 bits per heavy atom. The van der Waals surface area contributed by atoms with Crippen LogP contribution in [0.15, 0.2) is 26.9 Å². The molecule has 2 heterocycles. The Morgan fingerprint density at radius 1 is 1.58 bits per heavy atom. The number of hydrogen-bond acceptors (Lipinski definition) is 4. The average molecular weight is 342 g/mol. The molecule has 3 rings (SSSR count). The molecular formula is C13H12BrNO3S. The molecule has 2 aromatic rings. The number of nitrogens with zero attached hydrogens (tertiary/aromatic N) is 1. The highest BCUT2D eigenvalue weighted by Gasteiger charge is 2.51. The lowest BCUT2D eigenvalue weighted by Crippen LogP contribution is -2.29. The van der Waals surface area contributed by atoms with Crippen LogP contribution in [0.1, 0.15) is 12.8 Å². The van der Waals surface area contributed by atoms with E-state index in [2.05, 4.69) is 15.9 Å². The zero-order valence-corrected chi connectivity index (χ0v) is 12.7. The lowest BCUT2D eigenvalue weighted by molar-refractivity contribution is -0.147. The van der Waals surface area contributed by atoms with E-state index in [1.807, 2.05) is 11.4 Å². The Balaban J connectivity index is 2.01. The van der Waals surface area contributed by atoms with Gasteiger partial charge in [0.2, 0.25) is 0 Å². The summed E-state index contributed by atoms with van der Waals surface area (Å²) in [6.45, 7) is 0.407. The molecule has 0 bridgehead atoms. The van der Waals surface area contributed by atoms with E-state index in [0.717, 1.165) is 27.4 Å². The van der Waals surface area contributed by atoms with Crippen molar-refractivity contribution in [3.05, 3.63) is 32.5 Å². The number of esters is 1. The largest absolute Gasteiger partial charge is 0.469 e. The molecule has 2 aromatic heterocycles. The molecule has 19 heavy (non-hydrogen) atoms. The third kappa shape index (κ3) is 2.03. The third-order valence-electron chi connectivity index (χ3n) is 3.60. The summed E-state index contributed by atoms with van der Waals surface area (Å²) in [5.41, 5.74) is -0.524. The minimum absolute atomic E-state index is 0.0385. The molecule has 0 N–H and O–H groups in total. The Morgan fingerprint density at radius 2 is 2.32 bits per heavy atom. The van der Waals surface area contributed by atoms with Crippen LogP contribution in [-0.2, 0) is 16.1 Å². The Bertz CT molecular complexity index is 714. The second-order valence-corrected chi connectivity index (χ2v) is 6.58. The summed E-state index contributed by atoms with van der Waals surface area (Å²) >= 11 is 4.84. The van der Waals surface area contributed by atoms with Crippen LogP contribution in [0, 0.1) is 5.41 Å². The minimum Gasteiger partial charge on any atom is -0.469 e. The van der Waals surface area contributed by atoms with Crippen LogP contribution in [0.3, 0.4) is 0 Å². The first kappa shape index (κ1) is 12.9. The Kier molecular flexibility index (Phi) is 3.02. The lowest BCUT2D eigenvalue weighted by atomic mass is 10.1. The standard InChI is InChI=1S/C13H12BrNO3S/c1-18-12(17)13(3-4-13)7-15-5-2-8-9(14)6-19-10(8)11(15)16/h2,5-6H,3-4,7H2,1H3. The smallest absolute Gasteiger partial charge is 0.313 e. The first-order valence-electron chi connectivity index (χ1n) is 5.92. The van der Waals surface area contributed by atoms with Crippen LogP contribution >= 0.6 is 27.3 Å². The highest BCUT2D eigenvalue weighted by Crippen LogP contribution is 2.48. The second kappa shape index (κ2) is 4.45. The fourth-order valence-corrected chi connectivity index (χ4v) is 3.89. The van der Waals surface area contributed by atoms with Gasteiger partial charge >= 0.3 is 5.97 Å². The highest BCUT2D eigenvalue weighted by molar-refractivity contribution is 9.10. The Hall–Kier alpha value is -1.14. The maximum absolute atomic E-state index is 12.4. The van der Waals surface area contributed by atoms with Crippen molar-refractivity contribution < 1.29 is 9.53 Å². The first-order chi connectivity index (χ1) is 9.07. The number of methoxy groups -OCH3 is 1. The Labute approximate surface area is 122 Å². The van der Waals surface area contributed by atoms with Gasteiger partial charge in [-0.3, -0.25) is 9.59 Å². The van der Waals surface area contributed by atoms with Crippen LogP contribution in [0.2, 0.25) is 0 Å². The number of carbonyl (C=O) groups is 1. The predicted molar refractivity (Wildman–Crippen MR) is 77.5 cm³/mol. The highest BCUT2D eigenvalue weighted by atomic mass is 79.9. The van der Waals surface area contributed by atoms with Crippen LogP contribution in [-0.4, -0.2) is 17.6 Å². The molecule has 0 aromatic carbocycles. The van der Waals surface area contributed by atoms with E-state index < -0.39 is 5.41 Å². The van der Waals surface area contributed by atoms with E-state index in [4.69, 9.17) is 4.74 Å². The number of fused-ring (bicyclic) bond motifs is 1. The lowest BCUT2D eigenvalue weighted by Gasteiger charge is -2.14. The minimum atomic E-state index is -0.485. The van der Waals surface area contributed by atoms with Gasteiger partial charge < -0.3 is 9.30 Å². The molecule has 1 aliphatic rings. The summed E-state index contributed by atoms with van der Waals surface area (Å²) < 4.78 is 8.10. The zero-order valence-electron chi connectivity index (χ0n) is 10.3. The van der Waals surface area contributed by atoms with Crippen LogP contribution in [0.4, 0.5) is 0 Å². The van der Waals surface area contributed by atoms with Crippen molar-refractivity contribution in [3.63, 3.8) is 0 Å². The van der Waals surface area contributed by atoms with Crippen LogP contribution in [0.5, 0.6) is 0 Å². The number of pyridine rings is 1. The van der Waals surface area contributed by atoms with Gasteiger partial charge in [-0.2, -0.15) is 0 Å². The number of aromatic nitrogens is 1. The van der Waals surface area contributed by atoms with Crippen LogP contribution < -0.4 is 5.56 Å². The normalized spacial score (nSPS) is 16.5. The van der Waals surface area contributed by atoms with Gasteiger partial charge in [-0.05, 0) is 34.8 Å². The van der Waals surface area contributed by atoms with Gasteiger partial charge in [0.15, 0.2) is 0 Å². The van der Waals surface area contributed by atoms with E-state index >= 15 is 0 Å². The average Bonchev–Trinajstić information content (AvgIpc) is 3.10. The fourth-order valence-electron chi connectivity index (χ4n) is 2.27. The van der Waals surface area contributed by atoms with Gasteiger partial charge in [-0.15, -0.1) is 11.3 Å². The van der Waals surface area contributed by atoms with Crippen molar-refractivity contribution in [1.29, 1.82) is 0 Å². The van der Waals surface area contributed by atoms with Gasteiger partial charge in [0.05, 0.1) is 12.5 Å². The molecule has 1 aliphatic carbocycles. The van der Waals surface area contributed by atoms with E-state index in [9.17, 15) is 9.59 Å². The van der Waals surface area contributed by atoms with E-state index in [0.29, 0.717) is 6.54 Å². The van der Waals surface area contributed by atoms with Gasteiger partial charge in [-0.1, -0.05) is 0 Å². The zero-order chi connectivity index (χ0) is 13.6. The molecule has 0 aliphatic heterocycles. The fraction of sp³-hybridized carbons (Fsp3) is 0.385. The quantitative estimate of drug-likeness (QED) is 0.806. The van der Waals surface area contributed by atoms with Gasteiger partial charge in [0.25, 0.3) is 5.56 Å². The first-order valence-corrected chi connectivity index (χ1v) is 7.59. The van der Waals surface area contributed by atoms with Gasteiger partial charge in [-0.25, -0.2) is 0 Å². The maximum atomic E-state index is 12.4. The van der Waals surface area contributed by atoms with Crippen molar-refractivity contribution in [3.8, 4) is 0 Å². The molecule has 0 amide bonds. The SMILES string of the molecule is COC(=O)C1(Cn2ccc3c(Br)csc3c2=O)CC1. The molecule has 100 valence electrons. The molecule has 0 unspecified atom stereocenters. The second-order valence-electron chi connectivity index (χ2n) is 4.85. The van der Waals surface area contributed by atoms with Crippen molar-refractivity contribution in [1.82, 2.24) is 4.57 Å². The molecule has 1 fully saturated rings. The molecule has 6 heteroatoms. The van der Waals surface area contributed by atoms with Crippen molar-refractivity contribution in [2.45, 2.75) is 19.4 Å². The summed E-state index contributed by atoms with van der Waals surface area (Å²) in [5, 5.41) is 2.83. The van der Waals surface area contributed by atoms with Crippen molar-refractivity contribution in [2.24, 2.45) is 5.41 Å². The topological polar surface area (TPSA) is 48.3 Å². The van der Waals surface area contributed by atoms with E-state index in [1.54, 1.807) is 10.8 Å². The predicted octanol–water partition coefficient (Wildman–Crippen LogP) is 2.78. The van der Waals surface area contributed by atoms with Crippen molar-refractivity contribution in [2.75, 3.05) is 7.11 Å². The van der Waals surface area contributed by atoms with E-state index in [-0.39, 0.29) is 11.5 Å². The van der Waals surface area contributed by atoms with Gasteiger partial charge in [0.1, 0.15) is 4.70 Å². The number of rotatable bonds is 3. The molecular weight excluding hydrogens is 330 g/mol. The maximum Gasteiger partial charge on any atom is 0.313 e.